The Morgan fingerprint density at radius 2 is 2.18 bits per heavy atom. The molecule has 0 bridgehead atoms. The zero-order valence-electron chi connectivity index (χ0n) is 6.15. The van der Waals surface area contributed by atoms with Gasteiger partial charge in [-0.2, -0.15) is 0 Å². The molecule has 0 aliphatic rings. The summed E-state index contributed by atoms with van der Waals surface area (Å²) in [5.74, 6) is 0.158. The highest BCUT2D eigenvalue weighted by Crippen LogP contribution is 1.97. The van der Waals surface area contributed by atoms with Crippen LogP contribution in [0, 0.1) is 6.92 Å². The zero-order chi connectivity index (χ0) is 8.43. The van der Waals surface area contributed by atoms with Crippen LogP contribution in [-0.4, -0.2) is 22.2 Å². The smallest absolute Gasteiger partial charge is 0.423 e. The van der Waals surface area contributed by atoms with Gasteiger partial charge in [0.05, 0.1) is 0 Å². The maximum atomic E-state index is 8.76. The van der Waals surface area contributed by atoms with Crippen LogP contribution in [0.15, 0.2) is 12.3 Å². The third kappa shape index (κ3) is 1.69. The van der Waals surface area contributed by atoms with Crippen LogP contribution in [0.4, 0.5) is 5.82 Å². The van der Waals surface area contributed by atoms with Crippen molar-refractivity contribution in [3.63, 3.8) is 0 Å². The van der Waals surface area contributed by atoms with Gasteiger partial charge >= 0.3 is 7.12 Å². The van der Waals surface area contributed by atoms with E-state index in [0.29, 0.717) is 0 Å². The third-order valence-electron chi connectivity index (χ3n) is 1.36. The Morgan fingerprint density at radius 3 is 2.64 bits per heavy atom. The first kappa shape index (κ1) is 8.04. The van der Waals surface area contributed by atoms with E-state index in [2.05, 4.69) is 4.98 Å². The van der Waals surface area contributed by atoms with Crippen LogP contribution in [0.5, 0.6) is 0 Å². The van der Waals surface area contributed by atoms with Gasteiger partial charge in [-0.25, -0.2) is 4.98 Å². The monoisotopic (exact) mass is 152 g/mol. The van der Waals surface area contributed by atoms with Crippen LogP contribution < -0.4 is 11.2 Å². The number of nitrogens with zero attached hydrogens (tertiary/aromatic N) is 1. The molecule has 0 radical (unpaired) electrons. The molecule has 0 fully saturated rings. The highest BCUT2D eigenvalue weighted by atomic mass is 16.4. The fraction of sp³-hybridized carbons (Fsp3) is 0.167. The third-order valence-corrected chi connectivity index (χ3v) is 1.36. The lowest BCUT2D eigenvalue weighted by Crippen LogP contribution is -2.33. The summed E-state index contributed by atoms with van der Waals surface area (Å²) in [6.07, 6.45) is 1.57. The quantitative estimate of drug-likeness (QED) is 0.434. The van der Waals surface area contributed by atoms with Crippen molar-refractivity contribution < 1.29 is 10.0 Å². The van der Waals surface area contributed by atoms with Crippen LogP contribution >= 0.6 is 0 Å². The summed E-state index contributed by atoms with van der Waals surface area (Å²) in [5, 5.41) is 17.5. The Balaban J connectivity index is 3.13. The van der Waals surface area contributed by atoms with Gasteiger partial charge in [-0.15, -0.1) is 0 Å². The fourth-order valence-corrected chi connectivity index (χ4v) is 0.809. The Bertz CT molecular complexity index is 265. The number of nitrogen functional groups attached to an aromatic ring is 1. The molecule has 0 amide bonds. The summed E-state index contributed by atoms with van der Waals surface area (Å²) in [4.78, 5) is 3.76. The van der Waals surface area contributed by atoms with E-state index in [9.17, 15) is 0 Å². The summed E-state index contributed by atoms with van der Waals surface area (Å²) >= 11 is 0. The minimum absolute atomic E-state index is 0.158. The zero-order valence-corrected chi connectivity index (χ0v) is 6.15. The first-order chi connectivity index (χ1) is 5.11. The molecule has 1 aromatic rings. The normalized spacial score (nSPS) is 9.73. The number of anilines is 1. The van der Waals surface area contributed by atoms with Gasteiger partial charge in [0.2, 0.25) is 0 Å². The number of hydrogen-bond donors (Lipinski definition) is 3. The van der Waals surface area contributed by atoms with E-state index in [-0.39, 0.29) is 11.3 Å². The minimum atomic E-state index is -1.54. The summed E-state index contributed by atoms with van der Waals surface area (Å²) < 4.78 is 0. The standard InChI is InChI=1S/C6H9BN2O2/c1-4-2-5(7(10)11)6(8)9-3-4/h2-3,10-11H,1H3,(H2,8,9). The highest BCUT2D eigenvalue weighted by molar-refractivity contribution is 6.60. The number of nitrogens with two attached hydrogens (primary N) is 1. The SMILES string of the molecule is Cc1cnc(N)c(B(O)O)c1. The first-order valence-corrected chi connectivity index (χ1v) is 3.19. The van der Waals surface area contributed by atoms with Gasteiger partial charge in [0, 0.05) is 11.7 Å². The van der Waals surface area contributed by atoms with E-state index in [1.807, 2.05) is 0 Å². The summed E-state index contributed by atoms with van der Waals surface area (Å²) in [5.41, 5.74) is 6.46. The van der Waals surface area contributed by atoms with E-state index in [1.165, 1.54) is 0 Å². The number of pyridine rings is 1. The Hall–Kier alpha value is -1.07. The molecular weight excluding hydrogens is 143 g/mol. The van der Waals surface area contributed by atoms with Crippen LogP contribution in [0.2, 0.25) is 0 Å². The van der Waals surface area contributed by atoms with Gasteiger partial charge in [-0.3, -0.25) is 0 Å². The number of aryl methyl sites for hydroxylation is 1. The van der Waals surface area contributed by atoms with Gasteiger partial charge in [0.15, 0.2) is 0 Å². The lowest BCUT2D eigenvalue weighted by molar-refractivity contribution is 0.426. The number of hydrogen-bond acceptors (Lipinski definition) is 4. The van der Waals surface area contributed by atoms with Gasteiger partial charge in [-0.05, 0) is 12.5 Å². The van der Waals surface area contributed by atoms with Crippen molar-refractivity contribution in [2.24, 2.45) is 0 Å². The predicted molar refractivity (Wildman–Crippen MR) is 43.2 cm³/mol. The van der Waals surface area contributed by atoms with Crippen molar-refractivity contribution in [1.82, 2.24) is 4.98 Å². The van der Waals surface area contributed by atoms with Crippen molar-refractivity contribution in [2.45, 2.75) is 6.92 Å². The van der Waals surface area contributed by atoms with Crippen LogP contribution in [-0.2, 0) is 0 Å². The summed E-state index contributed by atoms with van der Waals surface area (Å²) in [6, 6.07) is 1.59. The molecule has 0 saturated heterocycles. The molecule has 0 aliphatic heterocycles. The minimum Gasteiger partial charge on any atom is -0.423 e. The van der Waals surface area contributed by atoms with E-state index in [0.717, 1.165) is 5.56 Å². The molecule has 0 aliphatic carbocycles. The van der Waals surface area contributed by atoms with Crippen LogP contribution in [0.3, 0.4) is 0 Å². The molecule has 1 aromatic heterocycles. The van der Waals surface area contributed by atoms with Gasteiger partial charge in [-0.1, -0.05) is 6.07 Å². The molecular formula is C6H9BN2O2. The van der Waals surface area contributed by atoms with Crippen molar-refractivity contribution in [2.75, 3.05) is 5.73 Å². The molecule has 0 aromatic carbocycles. The summed E-state index contributed by atoms with van der Waals surface area (Å²) in [7, 11) is -1.54. The van der Waals surface area contributed by atoms with Gasteiger partial charge in [0.25, 0.3) is 0 Å². The molecule has 1 rings (SSSR count). The van der Waals surface area contributed by atoms with Gasteiger partial charge in [0.1, 0.15) is 5.82 Å². The predicted octanol–water partition coefficient (Wildman–Crippen LogP) is -1.35. The second kappa shape index (κ2) is 2.90. The Labute approximate surface area is 64.8 Å². The maximum Gasteiger partial charge on any atom is 0.492 e. The molecule has 1 heterocycles. The Morgan fingerprint density at radius 1 is 1.55 bits per heavy atom. The van der Waals surface area contributed by atoms with Crippen molar-refractivity contribution in [1.29, 1.82) is 0 Å². The van der Waals surface area contributed by atoms with Crippen molar-refractivity contribution in [3.05, 3.63) is 17.8 Å². The average molecular weight is 152 g/mol. The van der Waals surface area contributed by atoms with Crippen molar-refractivity contribution >= 4 is 18.4 Å². The fourth-order valence-electron chi connectivity index (χ4n) is 0.809. The highest BCUT2D eigenvalue weighted by Gasteiger charge is 2.14. The van der Waals surface area contributed by atoms with Crippen molar-refractivity contribution in [3.8, 4) is 0 Å². The molecule has 11 heavy (non-hydrogen) atoms. The molecule has 4 N–H and O–H groups in total. The molecule has 0 unspecified atom stereocenters. The molecule has 4 nitrogen and oxygen atoms in total. The van der Waals surface area contributed by atoms with E-state index in [1.54, 1.807) is 19.2 Å². The number of aromatic nitrogens is 1. The van der Waals surface area contributed by atoms with Crippen LogP contribution in [0.1, 0.15) is 5.56 Å². The molecule has 0 saturated carbocycles. The van der Waals surface area contributed by atoms with E-state index in [4.69, 9.17) is 15.8 Å². The lowest BCUT2D eigenvalue weighted by Gasteiger charge is -2.02. The largest absolute Gasteiger partial charge is 0.492 e. The number of rotatable bonds is 1. The topological polar surface area (TPSA) is 79.4 Å². The van der Waals surface area contributed by atoms with E-state index < -0.39 is 7.12 Å². The first-order valence-electron chi connectivity index (χ1n) is 3.19. The summed E-state index contributed by atoms with van der Waals surface area (Å²) in [6.45, 7) is 1.80. The van der Waals surface area contributed by atoms with Gasteiger partial charge < -0.3 is 15.8 Å². The second-order valence-corrected chi connectivity index (χ2v) is 2.36. The van der Waals surface area contributed by atoms with Crippen LogP contribution in [0.25, 0.3) is 0 Å². The second-order valence-electron chi connectivity index (χ2n) is 2.36. The average Bonchev–Trinajstić information content (AvgIpc) is 1.94. The van der Waals surface area contributed by atoms with E-state index >= 15 is 0 Å². The molecule has 5 heteroatoms. The Kier molecular flexibility index (Phi) is 2.12. The molecule has 0 atom stereocenters. The molecule has 0 spiro atoms. The molecule has 58 valence electrons. The lowest BCUT2D eigenvalue weighted by atomic mass is 9.80. The maximum absolute atomic E-state index is 8.76.